The SMILES string of the molecule is CN1C=CN2N=C(SC=CC3=C(C(=O)O)N4C(=O)C(NC(=O)C(=NOC5CCCC5)c5nsc(N)n5)[C@@H]4SC3)CC=C12. The van der Waals surface area contributed by atoms with E-state index in [4.69, 9.17) is 10.6 Å². The number of oxime groups is 1. The Morgan fingerprint density at radius 3 is 2.86 bits per heavy atom. The number of hydrogen-bond donors (Lipinski definition) is 3. The number of hydrazone groups is 1. The molecule has 42 heavy (non-hydrogen) atoms. The molecule has 17 heteroatoms. The minimum Gasteiger partial charge on any atom is -0.477 e. The van der Waals surface area contributed by atoms with Gasteiger partial charge in [-0.15, -0.1) is 11.8 Å². The highest BCUT2D eigenvalue weighted by molar-refractivity contribution is 8.16. The van der Waals surface area contributed by atoms with E-state index in [0.717, 1.165) is 48.1 Å². The molecule has 4 aliphatic heterocycles. The molecule has 1 aromatic heterocycles. The molecule has 0 radical (unpaired) electrons. The lowest BCUT2D eigenvalue weighted by molar-refractivity contribution is -0.150. The lowest BCUT2D eigenvalue weighted by atomic mass is 10.0. The number of carbonyl (C=O) groups excluding carboxylic acids is 2. The lowest BCUT2D eigenvalue weighted by Crippen LogP contribution is -2.71. The first kappa shape index (κ1) is 28.3. The first-order valence-electron chi connectivity index (χ1n) is 13.2. The number of carboxylic acid groups (broad SMARTS) is 1. The monoisotopic (exact) mass is 629 g/mol. The molecular formula is C25H27N9O5S3. The van der Waals surface area contributed by atoms with Crippen LogP contribution in [0.3, 0.4) is 0 Å². The number of rotatable bonds is 8. The number of allylic oxidation sites excluding steroid dienone is 2. The number of hydrogen-bond acceptors (Lipinski definition) is 14. The summed E-state index contributed by atoms with van der Waals surface area (Å²) < 4.78 is 4.08. The predicted octanol–water partition coefficient (Wildman–Crippen LogP) is 2.05. The number of anilines is 1. The van der Waals surface area contributed by atoms with Gasteiger partial charge < -0.3 is 25.9 Å². The summed E-state index contributed by atoms with van der Waals surface area (Å²) in [6.45, 7) is 0. The zero-order valence-corrected chi connectivity index (χ0v) is 24.8. The second-order valence-electron chi connectivity index (χ2n) is 9.88. The van der Waals surface area contributed by atoms with Crippen molar-refractivity contribution in [3.05, 3.63) is 52.9 Å². The van der Waals surface area contributed by atoms with Gasteiger partial charge in [0, 0.05) is 43.2 Å². The second kappa shape index (κ2) is 11.8. The maximum Gasteiger partial charge on any atom is 0.352 e. The Morgan fingerprint density at radius 2 is 2.12 bits per heavy atom. The van der Waals surface area contributed by atoms with Crippen molar-refractivity contribution in [2.45, 2.75) is 49.6 Å². The maximum absolute atomic E-state index is 13.3. The van der Waals surface area contributed by atoms with Crippen LogP contribution in [0, 0.1) is 0 Å². The van der Waals surface area contributed by atoms with Gasteiger partial charge in [-0.1, -0.05) is 16.9 Å². The molecule has 5 heterocycles. The van der Waals surface area contributed by atoms with Crippen LogP contribution in [0.2, 0.25) is 0 Å². The number of amides is 2. The van der Waals surface area contributed by atoms with Crippen LogP contribution in [0.25, 0.3) is 0 Å². The van der Waals surface area contributed by atoms with Gasteiger partial charge in [0.05, 0.1) is 0 Å². The zero-order chi connectivity index (χ0) is 29.4. The van der Waals surface area contributed by atoms with Crippen LogP contribution in [-0.2, 0) is 19.2 Å². The van der Waals surface area contributed by atoms with E-state index in [1.807, 2.05) is 24.3 Å². The molecular weight excluding hydrogens is 603 g/mol. The average Bonchev–Trinajstić information content (AvgIpc) is 3.73. The van der Waals surface area contributed by atoms with Crippen molar-refractivity contribution in [1.82, 2.24) is 29.5 Å². The predicted molar refractivity (Wildman–Crippen MR) is 159 cm³/mol. The summed E-state index contributed by atoms with van der Waals surface area (Å²) in [6.07, 6.45) is 11.8. The quantitative estimate of drug-likeness (QED) is 0.217. The summed E-state index contributed by atoms with van der Waals surface area (Å²) >= 11 is 3.67. The van der Waals surface area contributed by atoms with Gasteiger partial charge in [-0.25, -0.2) is 9.80 Å². The molecule has 14 nitrogen and oxygen atoms in total. The molecule has 1 unspecified atom stereocenters. The second-order valence-corrected chi connectivity index (χ2v) is 12.7. The first-order chi connectivity index (χ1) is 20.3. The van der Waals surface area contributed by atoms with Crippen LogP contribution in [0.1, 0.15) is 37.9 Å². The van der Waals surface area contributed by atoms with Gasteiger partial charge in [0.1, 0.15) is 34.1 Å². The summed E-state index contributed by atoms with van der Waals surface area (Å²) in [4.78, 5) is 51.5. The van der Waals surface area contributed by atoms with Crippen LogP contribution in [0.5, 0.6) is 0 Å². The highest BCUT2D eigenvalue weighted by atomic mass is 32.2. The van der Waals surface area contributed by atoms with Crippen LogP contribution in [-0.4, -0.2) is 88.1 Å². The average molecular weight is 630 g/mol. The Hall–Kier alpha value is -3.83. The Kier molecular flexibility index (Phi) is 7.96. The number of carbonyl (C=O) groups is 3. The lowest BCUT2D eigenvalue weighted by Gasteiger charge is -2.49. The standard InChI is InChI=1S/C25H27N9O5S3/c1-32-9-10-33-16(32)7-6-15(29-33)40-11-8-13-12-41-23-18(22(36)34(23)19(13)24(37)38)27-21(35)17(20-28-25(26)42-31-20)30-39-14-4-2-3-5-14/h7-11,14,18,23H,2-6,12H2,1H3,(H,27,35)(H,37,38)(H2,26,28,31)/t18?,23-/m0/s1. The number of carboxylic acids is 1. The van der Waals surface area contributed by atoms with E-state index < -0.39 is 29.2 Å². The fraction of sp³-hybridized carbons (Fsp3) is 0.400. The molecule has 5 aliphatic rings. The Balaban J connectivity index is 1.13. The number of aromatic nitrogens is 2. The fourth-order valence-electron chi connectivity index (χ4n) is 5.02. The molecule has 1 aromatic rings. The number of nitrogens with two attached hydrogens (primary N) is 1. The minimum absolute atomic E-state index is 0.00558. The summed E-state index contributed by atoms with van der Waals surface area (Å²) in [7, 11) is 1.95. The molecule has 1 saturated heterocycles. The largest absolute Gasteiger partial charge is 0.477 e. The zero-order valence-electron chi connectivity index (χ0n) is 22.4. The summed E-state index contributed by atoms with van der Waals surface area (Å²) in [5, 5.41) is 25.3. The van der Waals surface area contributed by atoms with E-state index in [2.05, 4.69) is 31.0 Å². The highest BCUT2D eigenvalue weighted by Gasteiger charge is 2.54. The van der Waals surface area contributed by atoms with Gasteiger partial charge in [-0.05, 0) is 48.8 Å². The van der Waals surface area contributed by atoms with E-state index >= 15 is 0 Å². The number of β-lactam (4-membered cyclic amide) rings is 1. The molecule has 2 fully saturated rings. The number of aliphatic carboxylic acids is 1. The molecule has 220 valence electrons. The third-order valence-corrected chi connectivity index (χ3v) is 9.77. The van der Waals surface area contributed by atoms with Crippen molar-refractivity contribution >= 4 is 68.7 Å². The normalized spacial score (nSPS) is 24.1. The summed E-state index contributed by atoms with van der Waals surface area (Å²) in [5.41, 5.74) is 5.93. The summed E-state index contributed by atoms with van der Waals surface area (Å²) in [5.74, 6) is -1.12. The van der Waals surface area contributed by atoms with E-state index in [9.17, 15) is 19.5 Å². The molecule has 0 bridgehead atoms. The number of fused-ring (bicyclic) bond motifs is 2. The van der Waals surface area contributed by atoms with Gasteiger partial charge in [-0.3, -0.25) is 14.5 Å². The van der Waals surface area contributed by atoms with Gasteiger partial charge in [0.15, 0.2) is 5.13 Å². The molecule has 6 rings (SSSR count). The maximum atomic E-state index is 13.3. The Labute approximate surface area is 253 Å². The van der Waals surface area contributed by atoms with E-state index in [0.29, 0.717) is 17.7 Å². The topological polar surface area (TPSA) is 179 Å². The van der Waals surface area contributed by atoms with Gasteiger partial charge >= 0.3 is 5.97 Å². The van der Waals surface area contributed by atoms with Gasteiger partial charge in [-0.2, -0.15) is 14.5 Å². The van der Waals surface area contributed by atoms with Crippen LogP contribution in [0.4, 0.5) is 5.13 Å². The number of nitrogens with zero attached hydrogens (tertiary/aromatic N) is 7. The molecule has 0 spiro atoms. The van der Waals surface area contributed by atoms with Crippen molar-refractivity contribution in [3.8, 4) is 0 Å². The van der Waals surface area contributed by atoms with Crippen LogP contribution in [0.15, 0.2) is 57.3 Å². The van der Waals surface area contributed by atoms with Gasteiger partial charge in [0.2, 0.25) is 11.5 Å². The minimum atomic E-state index is -1.22. The number of nitrogen functional groups attached to an aromatic ring is 1. The van der Waals surface area contributed by atoms with Gasteiger partial charge in [0.25, 0.3) is 11.8 Å². The molecule has 2 atom stereocenters. The van der Waals surface area contributed by atoms with Crippen molar-refractivity contribution in [2.24, 2.45) is 10.3 Å². The van der Waals surface area contributed by atoms with E-state index in [1.165, 1.54) is 28.4 Å². The van der Waals surface area contributed by atoms with Crippen molar-refractivity contribution in [1.29, 1.82) is 0 Å². The number of thioether (sulfide) groups is 2. The van der Waals surface area contributed by atoms with E-state index in [1.54, 1.807) is 16.5 Å². The number of nitrogens with one attached hydrogen (secondary N) is 1. The smallest absolute Gasteiger partial charge is 0.352 e. The van der Waals surface area contributed by atoms with Crippen molar-refractivity contribution in [2.75, 3.05) is 18.5 Å². The Bertz CT molecular complexity index is 1490. The first-order valence-corrected chi connectivity index (χ1v) is 15.9. The molecule has 4 N–H and O–H groups in total. The third kappa shape index (κ3) is 5.50. The molecule has 0 aromatic carbocycles. The van der Waals surface area contributed by atoms with E-state index in [-0.39, 0.29) is 28.5 Å². The summed E-state index contributed by atoms with van der Waals surface area (Å²) in [6, 6.07) is -0.950. The van der Waals surface area contributed by atoms with Crippen molar-refractivity contribution < 1.29 is 24.3 Å². The fourth-order valence-corrected chi connectivity index (χ4v) is 7.48. The molecule has 1 aliphatic carbocycles. The highest BCUT2D eigenvalue weighted by Crippen LogP contribution is 2.41. The van der Waals surface area contributed by atoms with Crippen molar-refractivity contribution in [3.63, 3.8) is 0 Å². The molecule has 1 saturated carbocycles. The Morgan fingerprint density at radius 1 is 1.31 bits per heavy atom. The third-order valence-electron chi connectivity index (χ3n) is 7.13. The van der Waals surface area contributed by atoms with Crippen LogP contribution >= 0.6 is 35.1 Å². The molecule has 2 amide bonds. The van der Waals surface area contributed by atoms with Crippen LogP contribution < -0.4 is 11.1 Å².